The molecule has 2 aromatic heterocycles. The van der Waals surface area contributed by atoms with Crippen molar-refractivity contribution in [2.45, 2.75) is 19.5 Å². The summed E-state index contributed by atoms with van der Waals surface area (Å²) in [5, 5.41) is 15.8. The first-order valence-corrected chi connectivity index (χ1v) is 8.36. The predicted octanol–water partition coefficient (Wildman–Crippen LogP) is 3.81. The molecular weight excluding hydrogens is 353 g/mol. The van der Waals surface area contributed by atoms with Crippen LogP contribution < -0.4 is 5.32 Å². The third kappa shape index (κ3) is 2.99. The Morgan fingerprint density at radius 2 is 2.04 bits per heavy atom. The van der Waals surface area contributed by atoms with Gasteiger partial charge in [0.2, 0.25) is 0 Å². The fourth-order valence-corrected chi connectivity index (χ4v) is 3.56. The highest BCUT2D eigenvalue weighted by Gasteiger charge is 2.23. The molecule has 0 saturated carbocycles. The zero-order valence-corrected chi connectivity index (χ0v) is 14.8. The Morgan fingerprint density at radius 1 is 1.26 bits per heavy atom. The molecule has 23 heavy (non-hydrogen) atoms. The Labute approximate surface area is 149 Å². The Kier molecular flexibility index (Phi) is 4.68. The topological polar surface area (TPSA) is 55.6 Å². The molecule has 0 aliphatic carbocycles. The van der Waals surface area contributed by atoms with Crippen LogP contribution in [0, 0.1) is 0 Å². The van der Waals surface area contributed by atoms with E-state index in [0.29, 0.717) is 0 Å². The molecule has 0 radical (unpaired) electrons. The number of nitrogens with one attached hydrogen (secondary N) is 1. The second-order valence-corrected chi connectivity index (χ2v) is 6.55. The monoisotopic (exact) mass is 367 g/mol. The SMILES string of the molecule is C[C@H]1NCCn2c(-c3csc(-c4ccc(Cl)cc4)n3)nnc21.Cl. The van der Waals surface area contributed by atoms with Crippen molar-refractivity contribution < 1.29 is 0 Å². The van der Waals surface area contributed by atoms with Crippen LogP contribution in [0.25, 0.3) is 22.1 Å². The lowest BCUT2D eigenvalue weighted by Gasteiger charge is -2.21. The van der Waals surface area contributed by atoms with Crippen LogP contribution in [0.1, 0.15) is 18.8 Å². The summed E-state index contributed by atoms with van der Waals surface area (Å²) in [5.41, 5.74) is 1.94. The Bertz CT molecular complexity index is 812. The summed E-state index contributed by atoms with van der Waals surface area (Å²) in [6, 6.07) is 7.95. The van der Waals surface area contributed by atoms with Crippen molar-refractivity contribution in [3.8, 4) is 22.1 Å². The number of hydrogen-bond donors (Lipinski definition) is 1. The molecule has 1 aliphatic rings. The van der Waals surface area contributed by atoms with Gasteiger partial charge in [-0.15, -0.1) is 33.9 Å². The van der Waals surface area contributed by atoms with E-state index in [2.05, 4.69) is 27.0 Å². The molecule has 1 aliphatic heterocycles. The number of benzene rings is 1. The van der Waals surface area contributed by atoms with Crippen molar-refractivity contribution in [2.75, 3.05) is 6.54 Å². The number of rotatable bonds is 2. The lowest BCUT2D eigenvalue weighted by atomic mass is 10.2. The maximum Gasteiger partial charge on any atom is 0.183 e. The second kappa shape index (κ2) is 6.57. The number of nitrogens with zero attached hydrogens (tertiary/aromatic N) is 4. The zero-order valence-electron chi connectivity index (χ0n) is 12.4. The molecule has 1 atom stereocenters. The van der Waals surface area contributed by atoms with Gasteiger partial charge in [-0.25, -0.2) is 4.98 Å². The summed E-state index contributed by atoms with van der Waals surface area (Å²) >= 11 is 7.54. The van der Waals surface area contributed by atoms with Gasteiger partial charge in [-0.2, -0.15) is 0 Å². The van der Waals surface area contributed by atoms with E-state index in [1.807, 2.05) is 29.6 Å². The lowest BCUT2D eigenvalue weighted by molar-refractivity contribution is 0.439. The smallest absolute Gasteiger partial charge is 0.183 e. The third-order valence-electron chi connectivity index (χ3n) is 3.78. The summed E-state index contributed by atoms with van der Waals surface area (Å²) in [4.78, 5) is 4.72. The van der Waals surface area contributed by atoms with E-state index in [0.717, 1.165) is 46.0 Å². The van der Waals surface area contributed by atoms with Gasteiger partial charge in [-0.05, 0) is 19.1 Å². The first-order chi connectivity index (χ1) is 10.7. The van der Waals surface area contributed by atoms with Crippen LogP contribution in [0.5, 0.6) is 0 Å². The molecule has 3 aromatic rings. The van der Waals surface area contributed by atoms with Gasteiger partial charge in [-0.1, -0.05) is 23.7 Å². The van der Waals surface area contributed by atoms with E-state index < -0.39 is 0 Å². The molecule has 1 N–H and O–H groups in total. The molecular formula is C15H15Cl2N5S. The molecule has 0 unspecified atom stereocenters. The quantitative estimate of drug-likeness (QED) is 0.748. The minimum Gasteiger partial charge on any atom is -0.307 e. The van der Waals surface area contributed by atoms with Crippen LogP contribution in [0.2, 0.25) is 5.02 Å². The van der Waals surface area contributed by atoms with Gasteiger partial charge < -0.3 is 9.88 Å². The highest BCUT2D eigenvalue weighted by atomic mass is 35.5. The molecule has 8 heteroatoms. The highest BCUT2D eigenvalue weighted by Crippen LogP contribution is 2.30. The van der Waals surface area contributed by atoms with E-state index in [9.17, 15) is 0 Å². The number of aromatic nitrogens is 4. The molecule has 4 rings (SSSR count). The van der Waals surface area contributed by atoms with Crippen LogP contribution in [-0.2, 0) is 6.54 Å². The number of halogens is 2. The predicted molar refractivity (Wildman–Crippen MR) is 95.2 cm³/mol. The van der Waals surface area contributed by atoms with Crippen LogP contribution in [-0.4, -0.2) is 26.3 Å². The maximum absolute atomic E-state index is 5.93. The summed E-state index contributed by atoms with van der Waals surface area (Å²) in [7, 11) is 0. The zero-order chi connectivity index (χ0) is 15.1. The number of hydrogen-bond acceptors (Lipinski definition) is 5. The lowest BCUT2D eigenvalue weighted by Crippen LogP contribution is -2.32. The van der Waals surface area contributed by atoms with E-state index in [1.165, 1.54) is 0 Å². The standard InChI is InChI=1S/C15H14ClN5S.ClH/c1-9-13-19-20-14(21(13)7-6-17-9)12-8-22-15(18-12)10-2-4-11(16)5-3-10;/h2-5,8-9,17H,6-7H2,1H3;1H/t9-;/m1./s1. The summed E-state index contributed by atoms with van der Waals surface area (Å²) in [5.74, 6) is 1.82. The van der Waals surface area contributed by atoms with Crippen LogP contribution in [0.4, 0.5) is 0 Å². The molecule has 0 amide bonds. The van der Waals surface area contributed by atoms with Crippen molar-refractivity contribution in [1.29, 1.82) is 0 Å². The van der Waals surface area contributed by atoms with Crippen LogP contribution in [0.15, 0.2) is 29.6 Å². The summed E-state index contributed by atoms with van der Waals surface area (Å²) in [6.07, 6.45) is 0. The first kappa shape index (κ1) is 16.4. The van der Waals surface area contributed by atoms with Gasteiger partial charge >= 0.3 is 0 Å². The van der Waals surface area contributed by atoms with Gasteiger partial charge in [-0.3, -0.25) is 0 Å². The van der Waals surface area contributed by atoms with E-state index >= 15 is 0 Å². The van der Waals surface area contributed by atoms with Crippen molar-refractivity contribution in [3.63, 3.8) is 0 Å². The highest BCUT2D eigenvalue weighted by molar-refractivity contribution is 7.13. The van der Waals surface area contributed by atoms with Crippen molar-refractivity contribution in [2.24, 2.45) is 0 Å². The van der Waals surface area contributed by atoms with Crippen LogP contribution >= 0.6 is 35.3 Å². The fourth-order valence-electron chi connectivity index (χ4n) is 2.63. The molecule has 0 spiro atoms. The Morgan fingerprint density at radius 3 is 2.83 bits per heavy atom. The second-order valence-electron chi connectivity index (χ2n) is 5.25. The molecule has 0 saturated heterocycles. The summed E-state index contributed by atoms with van der Waals surface area (Å²) < 4.78 is 2.15. The molecule has 0 fully saturated rings. The molecule has 1 aromatic carbocycles. The summed E-state index contributed by atoms with van der Waals surface area (Å²) in [6.45, 7) is 3.90. The fraction of sp³-hybridized carbons (Fsp3) is 0.267. The largest absolute Gasteiger partial charge is 0.307 e. The Balaban J connectivity index is 0.00000156. The van der Waals surface area contributed by atoms with Gasteiger partial charge in [0.15, 0.2) is 5.82 Å². The van der Waals surface area contributed by atoms with Gasteiger partial charge in [0.05, 0.1) is 6.04 Å². The van der Waals surface area contributed by atoms with Gasteiger partial charge in [0, 0.05) is 29.1 Å². The molecule has 0 bridgehead atoms. The van der Waals surface area contributed by atoms with Crippen molar-refractivity contribution in [3.05, 3.63) is 40.5 Å². The first-order valence-electron chi connectivity index (χ1n) is 7.10. The van der Waals surface area contributed by atoms with E-state index in [4.69, 9.17) is 16.6 Å². The van der Waals surface area contributed by atoms with E-state index in [1.54, 1.807) is 11.3 Å². The van der Waals surface area contributed by atoms with Gasteiger partial charge in [0.25, 0.3) is 0 Å². The molecule has 120 valence electrons. The minimum absolute atomic E-state index is 0. The average molecular weight is 368 g/mol. The van der Waals surface area contributed by atoms with Crippen molar-refractivity contribution in [1.82, 2.24) is 25.1 Å². The van der Waals surface area contributed by atoms with Crippen molar-refractivity contribution >= 4 is 35.3 Å². The van der Waals surface area contributed by atoms with Crippen LogP contribution in [0.3, 0.4) is 0 Å². The number of thiazole rings is 1. The molecule has 5 nitrogen and oxygen atoms in total. The normalized spacial score (nSPS) is 16.7. The molecule has 3 heterocycles. The maximum atomic E-state index is 5.93. The average Bonchev–Trinajstić information content (AvgIpc) is 3.15. The third-order valence-corrected chi connectivity index (χ3v) is 4.92. The van der Waals surface area contributed by atoms with Gasteiger partial charge in [0.1, 0.15) is 16.5 Å². The number of fused-ring (bicyclic) bond motifs is 1. The Hall–Kier alpha value is -1.47. The minimum atomic E-state index is 0. The van der Waals surface area contributed by atoms with E-state index in [-0.39, 0.29) is 18.4 Å².